The van der Waals surface area contributed by atoms with Crippen LogP contribution in [0.15, 0.2) is 107 Å². The topological polar surface area (TPSA) is 73.5 Å². The highest BCUT2D eigenvalue weighted by atomic mass is 35.5. The highest BCUT2D eigenvalue weighted by molar-refractivity contribution is 6.36. The Kier molecular flexibility index (Phi) is 6.62. The van der Waals surface area contributed by atoms with Crippen LogP contribution in [0, 0.1) is 0 Å². The zero-order chi connectivity index (χ0) is 25.1. The van der Waals surface area contributed by atoms with E-state index in [1.807, 2.05) is 6.07 Å². The second-order valence-electron chi connectivity index (χ2n) is 7.73. The van der Waals surface area contributed by atoms with E-state index in [4.69, 9.17) is 27.9 Å². The molecule has 0 aliphatic heterocycles. The summed E-state index contributed by atoms with van der Waals surface area (Å²) in [4.78, 5) is 30.7. The molecule has 1 aromatic heterocycles. The van der Waals surface area contributed by atoms with Crippen molar-refractivity contribution >= 4 is 46.3 Å². The van der Waals surface area contributed by atoms with Gasteiger partial charge in [0.1, 0.15) is 5.75 Å². The maximum absolute atomic E-state index is 13.4. The van der Waals surface area contributed by atoms with Crippen molar-refractivity contribution in [3.8, 4) is 17.1 Å². The third-order valence-corrected chi connectivity index (χ3v) is 5.92. The van der Waals surface area contributed by atoms with Crippen LogP contribution in [0.25, 0.3) is 22.3 Å². The van der Waals surface area contributed by atoms with E-state index in [9.17, 15) is 9.59 Å². The van der Waals surface area contributed by atoms with Crippen LogP contribution in [-0.2, 0) is 0 Å². The number of rotatable bonds is 5. The van der Waals surface area contributed by atoms with Gasteiger partial charge in [-0.25, -0.2) is 9.78 Å². The fraction of sp³-hybridized carbons (Fsp3) is 0. The zero-order valence-electron chi connectivity index (χ0n) is 18.6. The minimum absolute atomic E-state index is 0.246. The molecule has 0 N–H and O–H groups in total. The van der Waals surface area contributed by atoms with E-state index in [0.29, 0.717) is 43.4 Å². The van der Waals surface area contributed by atoms with Crippen molar-refractivity contribution in [2.24, 2.45) is 5.10 Å². The summed E-state index contributed by atoms with van der Waals surface area (Å²) in [5, 5.41) is 5.62. The van der Waals surface area contributed by atoms with Gasteiger partial charge < -0.3 is 4.74 Å². The lowest BCUT2D eigenvalue weighted by Crippen LogP contribution is -2.20. The Labute approximate surface area is 216 Å². The van der Waals surface area contributed by atoms with Crippen LogP contribution >= 0.6 is 23.2 Å². The van der Waals surface area contributed by atoms with Crippen molar-refractivity contribution in [2.75, 3.05) is 0 Å². The molecule has 6 nitrogen and oxygen atoms in total. The molecule has 0 amide bonds. The number of carbonyl (C=O) groups excluding carboxylic acids is 1. The summed E-state index contributed by atoms with van der Waals surface area (Å²) in [6, 6.07) is 27.5. The third-order valence-electron chi connectivity index (χ3n) is 5.37. The number of benzene rings is 4. The minimum atomic E-state index is -0.505. The number of halogens is 2. The van der Waals surface area contributed by atoms with Gasteiger partial charge in [-0.3, -0.25) is 4.79 Å². The molecule has 5 rings (SSSR count). The molecule has 0 unspecified atom stereocenters. The van der Waals surface area contributed by atoms with Gasteiger partial charge in [0.05, 0.1) is 27.7 Å². The second kappa shape index (κ2) is 10.2. The first-order chi connectivity index (χ1) is 17.5. The predicted octanol–water partition coefficient (Wildman–Crippen LogP) is 6.47. The lowest BCUT2D eigenvalue weighted by molar-refractivity contribution is 0.0734. The molecule has 0 atom stereocenters. The van der Waals surface area contributed by atoms with Crippen LogP contribution in [0.1, 0.15) is 15.9 Å². The van der Waals surface area contributed by atoms with E-state index in [2.05, 4.69) is 10.1 Å². The van der Waals surface area contributed by atoms with Crippen molar-refractivity contribution < 1.29 is 9.53 Å². The van der Waals surface area contributed by atoms with Crippen molar-refractivity contribution in [2.45, 2.75) is 0 Å². The molecular formula is C28H17Cl2N3O3. The first kappa shape index (κ1) is 23.5. The predicted molar refractivity (Wildman–Crippen MR) is 142 cm³/mol. The van der Waals surface area contributed by atoms with E-state index in [1.165, 1.54) is 10.9 Å². The molecule has 0 saturated heterocycles. The lowest BCUT2D eigenvalue weighted by atomic mass is 10.2. The highest BCUT2D eigenvalue weighted by Crippen LogP contribution is 2.29. The number of hydrogen-bond donors (Lipinski definition) is 0. The van der Waals surface area contributed by atoms with Gasteiger partial charge in [0, 0.05) is 16.1 Å². The number of aromatic nitrogens is 2. The van der Waals surface area contributed by atoms with Gasteiger partial charge in [-0.1, -0.05) is 65.7 Å². The summed E-state index contributed by atoms with van der Waals surface area (Å²) in [5.74, 6) is 0.0352. The number of esters is 1. The standard InChI is InChI=1S/C28H17Cl2N3O3/c29-20-14-15-21(23(30)16-20)26-32-24-12-6-5-11-22(24)27(34)33(26)31-17-19-10-4-7-13-25(19)36-28(35)18-8-2-1-3-9-18/h1-17H. The number of carbonyl (C=O) groups is 1. The van der Waals surface area contributed by atoms with Crippen LogP contribution < -0.4 is 10.3 Å². The largest absolute Gasteiger partial charge is 0.422 e. The van der Waals surface area contributed by atoms with Crippen molar-refractivity contribution in [3.63, 3.8) is 0 Å². The van der Waals surface area contributed by atoms with Gasteiger partial charge in [0.25, 0.3) is 5.56 Å². The maximum Gasteiger partial charge on any atom is 0.343 e. The monoisotopic (exact) mass is 513 g/mol. The van der Waals surface area contributed by atoms with Crippen molar-refractivity contribution in [1.29, 1.82) is 0 Å². The zero-order valence-corrected chi connectivity index (χ0v) is 20.1. The number of nitrogens with zero attached hydrogens (tertiary/aromatic N) is 3. The molecule has 0 saturated carbocycles. The van der Waals surface area contributed by atoms with Gasteiger partial charge in [0.2, 0.25) is 0 Å². The van der Waals surface area contributed by atoms with E-state index in [0.717, 1.165) is 0 Å². The van der Waals surface area contributed by atoms with E-state index >= 15 is 0 Å². The van der Waals surface area contributed by atoms with Crippen LogP contribution in [0.5, 0.6) is 5.75 Å². The Morgan fingerprint density at radius 2 is 1.61 bits per heavy atom. The summed E-state index contributed by atoms with van der Waals surface area (Å²) < 4.78 is 6.77. The van der Waals surface area contributed by atoms with E-state index in [1.54, 1.807) is 91.0 Å². The van der Waals surface area contributed by atoms with Gasteiger partial charge >= 0.3 is 5.97 Å². The molecule has 0 bridgehead atoms. The Hall–Kier alpha value is -4.26. The van der Waals surface area contributed by atoms with Gasteiger partial charge in [-0.15, -0.1) is 0 Å². The number of ether oxygens (including phenoxy) is 1. The molecule has 5 aromatic rings. The molecule has 0 aliphatic rings. The highest BCUT2D eigenvalue weighted by Gasteiger charge is 2.16. The van der Waals surface area contributed by atoms with Crippen LogP contribution in [0.3, 0.4) is 0 Å². The summed E-state index contributed by atoms with van der Waals surface area (Å²) in [7, 11) is 0. The van der Waals surface area contributed by atoms with Crippen molar-refractivity contribution in [3.05, 3.63) is 129 Å². The molecule has 0 aliphatic carbocycles. The van der Waals surface area contributed by atoms with Crippen LogP contribution in [0.2, 0.25) is 10.0 Å². The Balaban J connectivity index is 1.60. The molecule has 0 spiro atoms. The van der Waals surface area contributed by atoms with Gasteiger partial charge in [0.15, 0.2) is 5.82 Å². The Morgan fingerprint density at radius 1 is 0.889 bits per heavy atom. The first-order valence-electron chi connectivity index (χ1n) is 10.9. The number of hydrogen-bond acceptors (Lipinski definition) is 5. The SMILES string of the molecule is O=C(Oc1ccccc1C=Nn1c(-c2ccc(Cl)cc2Cl)nc2ccccc2c1=O)c1ccccc1. The van der Waals surface area contributed by atoms with Gasteiger partial charge in [-0.2, -0.15) is 9.78 Å². The fourth-order valence-corrected chi connectivity index (χ4v) is 4.10. The minimum Gasteiger partial charge on any atom is -0.422 e. The van der Waals surface area contributed by atoms with Crippen LogP contribution in [-0.4, -0.2) is 21.8 Å². The van der Waals surface area contributed by atoms with Crippen LogP contribution in [0.4, 0.5) is 0 Å². The third kappa shape index (κ3) is 4.77. The normalized spacial score (nSPS) is 11.2. The molecule has 8 heteroatoms. The quantitative estimate of drug-likeness (QED) is 0.153. The first-order valence-corrected chi connectivity index (χ1v) is 11.6. The number of para-hydroxylation sites is 2. The van der Waals surface area contributed by atoms with Gasteiger partial charge in [-0.05, 0) is 54.6 Å². The fourth-order valence-electron chi connectivity index (χ4n) is 3.61. The smallest absolute Gasteiger partial charge is 0.343 e. The molecule has 36 heavy (non-hydrogen) atoms. The molecule has 1 heterocycles. The summed E-state index contributed by atoms with van der Waals surface area (Å²) >= 11 is 12.5. The van der Waals surface area contributed by atoms with E-state index < -0.39 is 5.97 Å². The molecule has 176 valence electrons. The molecule has 4 aromatic carbocycles. The molecule has 0 fully saturated rings. The average molecular weight is 514 g/mol. The summed E-state index contributed by atoms with van der Waals surface area (Å²) in [6.07, 6.45) is 1.44. The molecule has 0 radical (unpaired) electrons. The Morgan fingerprint density at radius 3 is 2.42 bits per heavy atom. The molecular weight excluding hydrogens is 497 g/mol. The van der Waals surface area contributed by atoms with E-state index in [-0.39, 0.29) is 11.4 Å². The number of fused-ring (bicyclic) bond motifs is 1. The second-order valence-corrected chi connectivity index (χ2v) is 8.58. The Bertz CT molecular complexity index is 1680. The summed E-state index contributed by atoms with van der Waals surface area (Å²) in [5.41, 5.74) is 1.53. The van der Waals surface area contributed by atoms with Crippen molar-refractivity contribution in [1.82, 2.24) is 9.66 Å². The average Bonchev–Trinajstić information content (AvgIpc) is 2.89. The lowest BCUT2D eigenvalue weighted by Gasteiger charge is -2.11. The maximum atomic E-state index is 13.4. The summed E-state index contributed by atoms with van der Waals surface area (Å²) in [6.45, 7) is 0.